The molecule has 7 heteroatoms. The summed E-state index contributed by atoms with van der Waals surface area (Å²) in [4.78, 5) is 12.8. The summed E-state index contributed by atoms with van der Waals surface area (Å²) in [5.41, 5.74) is 0.963. The zero-order valence-electron chi connectivity index (χ0n) is 18.7. The van der Waals surface area contributed by atoms with Crippen LogP contribution in [0, 0.1) is 11.8 Å². The maximum atomic E-state index is 13.0. The summed E-state index contributed by atoms with van der Waals surface area (Å²) in [6, 6.07) is 7.59. The summed E-state index contributed by atoms with van der Waals surface area (Å²) >= 11 is 0. The van der Waals surface area contributed by atoms with Crippen molar-refractivity contribution in [2.75, 3.05) is 13.1 Å². The van der Waals surface area contributed by atoms with Gasteiger partial charge in [0.2, 0.25) is 15.9 Å². The second kappa shape index (κ2) is 9.33. The predicted octanol–water partition coefficient (Wildman–Crippen LogP) is 4.15. The maximum Gasteiger partial charge on any atom is 0.243 e. The van der Waals surface area contributed by atoms with Crippen LogP contribution < -0.4 is 5.32 Å². The number of sulfonamides is 1. The lowest BCUT2D eigenvalue weighted by molar-refractivity contribution is -0.122. The van der Waals surface area contributed by atoms with Crippen molar-refractivity contribution in [2.24, 2.45) is 11.8 Å². The van der Waals surface area contributed by atoms with Gasteiger partial charge in [-0.2, -0.15) is 4.31 Å². The number of benzene rings is 1. The van der Waals surface area contributed by atoms with E-state index < -0.39 is 10.0 Å². The van der Waals surface area contributed by atoms with Crippen LogP contribution in [0.2, 0.25) is 0 Å². The zero-order valence-corrected chi connectivity index (χ0v) is 19.5. The van der Waals surface area contributed by atoms with Crippen molar-refractivity contribution in [1.82, 2.24) is 14.2 Å². The number of hydrogen-bond acceptors (Lipinski definition) is 3. The van der Waals surface area contributed by atoms with Crippen LogP contribution in [0.15, 0.2) is 35.4 Å². The molecule has 1 aliphatic carbocycles. The topological polar surface area (TPSA) is 71.4 Å². The molecule has 1 amide bonds. The molecule has 1 aromatic carbocycles. The molecule has 1 aromatic heterocycles. The number of fused-ring (bicyclic) bond motifs is 1. The number of rotatable bonds is 6. The van der Waals surface area contributed by atoms with E-state index >= 15 is 0 Å². The molecule has 0 spiro atoms. The van der Waals surface area contributed by atoms with Gasteiger partial charge in [-0.15, -0.1) is 0 Å². The Kier molecular flexibility index (Phi) is 6.72. The first-order valence-electron chi connectivity index (χ1n) is 11.7. The van der Waals surface area contributed by atoms with Crippen LogP contribution in [0.25, 0.3) is 10.9 Å². The molecule has 2 fully saturated rings. The lowest BCUT2D eigenvalue weighted by Crippen LogP contribution is -2.37. The molecule has 0 unspecified atom stereocenters. The lowest BCUT2D eigenvalue weighted by Gasteiger charge is -2.29. The molecule has 1 saturated heterocycles. The number of aryl methyl sites for hydroxylation is 1. The molecule has 0 bridgehead atoms. The molecule has 0 atom stereocenters. The van der Waals surface area contributed by atoms with E-state index in [0.717, 1.165) is 42.5 Å². The molecule has 4 rings (SSSR count). The van der Waals surface area contributed by atoms with Crippen LogP contribution in [0.4, 0.5) is 0 Å². The maximum absolute atomic E-state index is 13.0. The summed E-state index contributed by atoms with van der Waals surface area (Å²) in [5, 5.41) is 4.08. The van der Waals surface area contributed by atoms with E-state index in [4.69, 9.17) is 0 Å². The minimum absolute atomic E-state index is 0.0972. The van der Waals surface area contributed by atoms with E-state index in [-0.39, 0.29) is 5.91 Å². The van der Waals surface area contributed by atoms with Crippen molar-refractivity contribution < 1.29 is 13.2 Å². The molecule has 31 heavy (non-hydrogen) atoms. The van der Waals surface area contributed by atoms with Gasteiger partial charge in [0.15, 0.2) is 0 Å². The number of piperidine rings is 1. The first kappa shape index (κ1) is 22.3. The summed E-state index contributed by atoms with van der Waals surface area (Å²) < 4.78 is 29.7. The molecular formula is C24H35N3O3S. The number of amides is 1. The molecule has 1 saturated carbocycles. The fraction of sp³-hybridized carbons (Fsp3) is 0.625. The normalized spacial score (nSPS) is 23.8. The van der Waals surface area contributed by atoms with Crippen LogP contribution in [0.5, 0.6) is 0 Å². The number of nitrogens with zero attached hydrogens (tertiary/aromatic N) is 2. The Labute approximate surface area is 186 Å². The smallest absolute Gasteiger partial charge is 0.243 e. The van der Waals surface area contributed by atoms with E-state index in [9.17, 15) is 13.2 Å². The van der Waals surface area contributed by atoms with Crippen molar-refractivity contribution in [2.45, 2.75) is 76.3 Å². The van der Waals surface area contributed by atoms with E-state index in [2.05, 4.69) is 19.2 Å². The van der Waals surface area contributed by atoms with Gasteiger partial charge in [-0.05, 0) is 74.6 Å². The van der Waals surface area contributed by atoms with Crippen molar-refractivity contribution in [3.63, 3.8) is 0 Å². The van der Waals surface area contributed by atoms with Gasteiger partial charge in [0.25, 0.3) is 0 Å². The number of hydrogen-bond donors (Lipinski definition) is 1. The minimum Gasteiger partial charge on any atom is -0.353 e. The van der Waals surface area contributed by atoms with Gasteiger partial charge in [-0.3, -0.25) is 4.79 Å². The van der Waals surface area contributed by atoms with E-state index in [1.165, 1.54) is 12.8 Å². The largest absolute Gasteiger partial charge is 0.353 e. The van der Waals surface area contributed by atoms with Crippen molar-refractivity contribution in [3.8, 4) is 0 Å². The Morgan fingerprint density at radius 1 is 1.00 bits per heavy atom. The summed E-state index contributed by atoms with van der Waals surface area (Å²) in [5.74, 6) is 1.45. The molecule has 2 aromatic rings. The van der Waals surface area contributed by atoms with Gasteiger partial charge in [0.05, 0.1) is 4.90 Å². The Bertz CT molecular complexity index is 1010. The zero-order chi connectivity index (χ0) is 22.0. The van der Waals surface area contributed by atoms with Crippen LogP contribution >= 0.6 is 0 Å². The Morgan fingerprint density at radius 2 is 1.68 bits per heavy atom. The summed E-state index contributed by atoms with van der Waals surface area (Å²) in [6.07, 6.45) is 8.74. The highest BCUT2D eigenvalue weighted by Gasteiger charge is 2.28. The minimum atomic E-state index is -3.45. The quantitative estimate of drug-likeness (QED) is 0.726. The SMILES string of the molecule is CC1CCC(NC(=O)CCn2ccc3cc(S(=O)(=O)N4CCC(C)CC4)ccc32)CC1. The molecule has 2 aliphatic rings. The fourth-order valence-corrected chi connectivity index (χ4v) is 6.34. The van der Waals surface area contributed by atoms with E-state index in [0.29, 0.717) is 42.9 Å². The van der Waals surface area contributed by atoms with Gasteiger partial charge in [0, 0.05) is 49.2 Å². The summed E-state index contributed by atoms with van der Waals surface area (Å²) in [7, 11) is -3.45. The highest BCUT2D eigenvalue weighted by Crippen LogP contribution is 2.27. The van der Waals surface area contributed by atoms with Crippen LogP contribution in [0.1, 0.15) is 58.8 Å². The molecule has 0 radical (unpaired) electrons. The monoisotopic (exact) mass is 445 g/mol. The van der Waals surface area contributed by atoms with Gasteiger partial charge in [0.1, 0.15) is 0 Å². The Morgan fingerprint density at radius 3 is 2.39 bits per heavy atom. The lowest BCUT2D eigenvalue weighted by atomic mass is 9.87. The number of carbonyl (C=O) groups excluding carboxylic acids is 1. The molecule has 2 heterocycles. The van der Waals surface area contributed by atoms with E-state index in [1.807, 2.05) is 22.9 Å². The van der Waals surface area contributed by atoms with Crippen LogP contribution in [-0.4, -0.2) is 42.3 Å². The highest BCUT2D eigenvalue weighted by atomic mass is 32.2. The molecular weight excluding hydrogens is 410 g/mol. The molecule has 170 valence electrons. The first-order valence-corrected chi connectivity index (χ1v) is 13.2. The van der Waals surface area contributed by atoms with Crippen molar-refractivity contribution in [3.05, 3.63) is 30.5 Å². The highest BCUT2D eigenvalue weighted by molar-refractivity contribution is 7.89. The van der Waals surface area contributed by atoms with Gasteiger partial charge < -0.3 is 9.88 Å². The molecule has 1 N–H and O–H groups in total. The second-order valence-electron chi connectivity index (χ2n) is 9.59. The number of aromatic nitrogens is 1. The standard InChI is InChI=1S/C24H35N3O3S/c1-18-3-5-21(6-4-18)25-24(28)12-14-26-13-11-20-17-22(7-8-23(20)26)31(29,30)27-15-9-19(2)10-16-27/h7-8,11,13,17-19,21H,3-6,9-10,12,14-16H2,1-2H3,(H,25,28). The fourth-order valence-electron chi connectivity index (χ4n) is 4.83. The summed E-state index contributed by atoms with van der Waals surface area (Å²) in [6.45, 7) is 6.23. The third kappa shape index (κ3) is 5.14. The van der Waals surface area contributed by atoms with Gasteiger partial charge >= 0.3 is 0 Å². The third-order valence-corrected chi connectivity index (χ3v) is 8.98. The number of nitrogens with one attached hydrogen (secondary N) is 1. The van der Waals surface area contributed by atoms with Gasteiger partial charge in [-0.1, -0.05) is 13.8 Å². The van der Waals surface area contributed by atoms with Crippen LogP contribution in [-0.2, 0) is 21.4 Å². The Hall–Kier alpha value is -1.86. The average Bonchev–Trinajstić information content (AvgIpc) is 3.16. The first-order chi connectivity index (χ1) is 14.8. The van der Waals surface area contributed by atoms with Crippen molar-refractivity contribution >= 4 is 26.8 Å². The van der Waals surface area contributed by atoms with E-state index in [1.54, 1.807) is 16.4 Å². The number of carbonyl (C=O) groups is 1. The Balaban J connectivity index is 1.39. The third-order valence-electron chi connectivity index (χ3n) is 7.08. The average molecular weight is 446 g/mol. The van der Waals surface area contributed by atoms with Gasteiger partial charge in [-0.25, -0.2) is 8.42 Å². The molecule has 6 nitrogen and oxygen atoms in total. The van der Waals surface area contributed by atoms with Crippen LogP contribution in [0.3, 0.4) is 0 Å². The molecule has 1 aliphatic heterocycles. The van der Waals surface area contributed by atoms with Crippen molar-refractivity contribution in [1.29, 1.82) is 0 Å². The predicted molar refractivity (Wildman–Crippen MR) is 123 cm³/mol. The second-order valence-corrected chi connectivity index (χ2v) is 11.5.